The number of esters is 1. The van der Waals surface area contributed by atoms with Crippen LogP contribution in [0.4, 0.5) is 0 Å². The Hall–Kier alpha value is -2.44. The van der Waals surface area contributed by atoms with Crippen molar-refractivity contribution in [3.8, 4) is 0 Å². The first-order valence-electron chi connectivity index (χ1n) is 25.1. The zero-order valence-electron chi connectivity index (χ0n) is 38.9. The molecule has 0 spiro atoms. The van der Waals surface area contributed by atoms with Crippen LogP contribution >= 0.6 is 0 Å². The van der Waals surface area contributed by atoms with Gasteiger partial charge in [-0.05, 0) is 70.6 Å². The lowest BCUT2D eigenvalue weighted by atomic mass is 10.0. The highest BCUT2D eigenvalue weighted by atomic mass is 16.5. The van der Waals surface area contributed by atoms with Gasteiger partial charge in [-0.3, -0.25) is 9.59 Å². The molecule has 0 saturated carbocycles. The highest BCUT2D eigenvalue weighted by molar-refractivity contribution is 5.77. The lowest BCUT2D eigenvalue weighted by Crippen LogP contribution is -2.46. The molecule has 342 valence electrons. The van der Waals surface area contributed by atoms with E-state index in [1.807, 2.05) is 6.08 Å². The number of rotatable bonds is 44. The standard InChI is InChI=1S/C53H95NO5/c1-4-7-10-13-16-19-22-24-26-27-28-30-32-35-38-41-44-49(59-53(58)46-43-40-37-34-21-18-15-12-9-6-3)47-52(57)54-50(48-55)51(56)45-42-39-36-33-31-29-25-23-20-17-14-11-8-5-2/h12,15-16,19,22,24,26-28,30,49-51,55-56H,4-11,13-14,17-18,20-21,23,25,29,31-48H2,1-3H3,(H,54,57)/b15-12-,19-16+,24-22+,27-26+,30-28+. The summed E-state index contributed by atoms with van der Waals surface area (Å²) in [5, 5.41) is 23.7. The maximum atomic E-state index is 13.2. The van der Waals surface area contributed by atoms with E-state index in [1.54, 1.807) is 0 Å². The van der Waals surface area contributed by atoms with Crippen LogP contribution in [-0.4, -0.2) is 46.9 Å². The summed E-state index contributed by atoms with van der Waals surface area (Å²) in [7, 11) is 0. The number of ether oxygens (including phenoxy) is 1. The van der Waals surface area contributed by atoms with E-state index in [4.69, 9.17) is 4.74 Å². The van der Waals surface area contributed by atoms with Gasteiger partial charge in [-0.2, -0.15) is 0 Å². The average Bonchev–Trinajstić information content (AvgIpc) is 3.23. The average molecular weight is 826 g/mol. The summed E-state index contributed by atoms with van der Waals surface area (Å²) < 4.78 is 5.89. The van der Waals surface area contributed by atoms with Gasteiger partial charge >= 0.3 is 5.97 Å². The zero-order valence-corrected chi connectivity index (χ0v) is 38.9. The molecule has 0 heterocycles. The van der Waals surface area contributed by atoms with Crippen LogP contribution in [0.5, 0.6) is 0 Å². The second-order valence-electron chi connectivity index (χ2n) is 17.0. The van der Waals surface area contributed by atoms with Gasteiger partial charge in [-0.1, -0.05) is 216 Å². The monoisotopic (exact) mass is 826 g/mol. The second-order valence-corrected chi connectivity index (χ2v) is 17.0. The van der Waals surface area contributed by atoms with Crippen LogP contribution in [0.15, 0.2) is 60.8 Å². The van der Waals surface area contributed by atoms with Crippen LogP contribution in [0, 0.1) is 0 Å². The molecule has 0 aliphatic heterocycles. The van der Waals surface area contributed by atoms with Gasteiger partial charge in [0.05, 0.1) is 25.2 Å². The minimum Gasteiger partial charge on any atom is -0.462 e. The van der Waals surface area contributed by atoms with Gasteiger partial charge in [0.25, 0.3) is 0 Å². The molecule has 59 heavy (non-hydrogen) atoms. The van der Waals surface area contributed by atoms with Crippen molar-refractivity contribution in [2.24, 2.45) is 0 Å². The molecule has 0 aromatic rings. The molecular weight excluding hydrogens is 731 g/mol. The molecule has 6 nitrogen and oxygen atoms in total. The first-order valence-corrected chi connectivity index (χ1v) is 25.1. The fraction of sp³-hybridized carbons (Fsp3) is 0.774. The van der Waals surface area contributed by atoms with Crippen LogP contribution in [-0.2, 0) is 14.3 Å². The molecule has 0 saturated heterocycles. The molecule has 6 heteroatoms. The van der Waals surface area contributed by atoms with Crippen LogP contribution in [0.1, 0.15) is 239 Å². The number of hydrogen-bond acceptors (Lipinski definition) is 5. The first-order chi connectivity index (χ1) is 29.0. The van der Waals surface area contributed by atoms with Gasteiger partial charge in [-0.25, -0.2) is 0 Å². The Kier molecular flexibility index (Phi) is 44.7. The van der Waals surface area contributed by atoms with Gasteiger partial charge in [0, 0.05) is 6.42 Å². The maximum absolute atomic E-state index is 13.2. The Morgan fingerprint density at radius 3 is 1.47 bits per heavy atom. The molecule has 0 rings (SSSR count). The lowest BCUT2D eigenvalue weighted by molar-refractivity contribution is -0.151. The first kappa shape index (κ1) is 56.6. The number of aliphatic hydroxyl groups excluding tert-OH is 2. The molecule has 0 aromatic carbocycles. The summed E-state index contributed by atoms with van der Waals surface area (Å²) in [6.45, 7) is 6.37. The van der Waals surface area contributed by atoms with E-state index in [-0.39, 0.29) is 24.9 Å². The van der Waals surface area contributed by atoms with Crippen molar-refractivity contribution in [3.05, 3.63) is 60.8 Å². The summed E-state index contributed by atoms with van der Waals surface area (Å²) in [5.41, 5.74) is 0. The maximum Gasteiger partial charge on any atom is 0.306 e. The SMILES string of the molecule is CCC/C=C\CCCCCCCC(=O)OC(CCCCC/C=C/C=C/C=C/C=C/CCCCC)CC(=O)NC(CO)C(O)CCCCCCCCCCCCCCCC. The quantitative estimate of drug-likeness (QED) is 0.0246. The number of carbonyl (C=O) groups excluding carboxylic acids is 2. The van der Waals surface area contributed by atoms with E-state index < -0.39 is 18.2 Å². The molecule has 0 aliphatic rings. The number of nitrogens with one attached hydrogen (secondary N) is 1. The number of hydrogen-bond donors (Lipinski definition) is 3. The van der Waals surface area contributed by atoms with Crippen molar-refractivity contribution in [2.75, 3.05) is 6.61 Å². The lowest BCUT2D eigenvalue weighted by Gasteiger charge is -2.24. The highest BCUT2D eigenvalue weighted by Gasteiger charge is 2.24. The Balaban J connectivity index is 4.65. The fourth-order valence-electron chi connectivity index (χ4n) is 7.33. The van der Waals surface area contributed by atoms with E-state index in [1.165, 1.54) is 109 Å². The largest absolute Gasteiger partial charge is 0.462 e. The van der Waals surface area contributed by atoms with Crippen molar-refractivity contribution in [2.45, 2.75) is 257 Å². The van der Waals surface area contributed by atoms with E-state index in [9.17, 15) is 19.8 Å². The molecule has 3 unspecified atom stereocenters. The molecule has 0 aromatic heterocycles. The minimum absolute atomic E-state index is 0.0471. The number of aliphatic hydroxyl groups is 2. The van der Waals surface area contributed by atoms with Crippen molar-refractivity contribution in [1.82, 2.24) is 5.32 Å². The number of amides is 1. The van der Waals surface area contributed by atoms with E-state index in [0.717, 1.165) is 83.5 Å². The number of unbranched alkanes of at least 4 members (excludes halogenated alkanes) is 25. The molecule has 3 atom stereocenters. The molecule has 0 aliphatic carbocycles. The van der Waals surface area contributed by atoms with E-state index in [0.29, 0.717) is 19.3 Å². The predicted octanol–water partition coefficient (Wildman–Crippen LogP) is 14.8. The van der Waals surface area contributed by atoms with Crippen molar-refractivity contribution >= 4 is 11.9 Å². The van der Waals surface area contributed by atoms with Crippen LogP contribution in [0.3, 0.4) is 0 Å². The van der Waals surface area contributed by atoms with Gasteiger partial charge in [0.2, 0.25) is 5.91 Å². The van der Waals surface area contributed by atoms with Crippen molar-refractivity contribution in [3.63, 3.8) is 0 Å². The second kappa shape index (κ2) is 46.6. The highest BCUT2D eigenvalue weighted by Crippen LogP contribution is 2.17. The van der Waals surface area contributed by atoms with Gasteiger partial charge in [-0.15, -0.1) is 0 Å². The summed E-state index contributed by atoms with van der Waals surface area (Å²) in [6, 6.07) is -0.716. The fourth-order valence-corrected chi connectivity index (χ4v) is 7.33. The van der Waals surface area contributed by atoms with E-state index >= 15 is 0 Å². The van der Waals surface area contributed by atoms with E-state index in [2.05, 4.69) is 80.8 Å². The third-order valence-electron chi connectivity index (χ3n) is 11.1. The third-order valence-corrected chi connectivity index (χ3v) is 11.1. The molecule has 0 fully saturated rings. The zero-order chi connectivity index (χ0) is 43.1. The van der Waals surface area contributed by atoms with Gasteiger partial charge in [0.1, 0.15) is 6.10 Å². The topological polar surface area (TPSA) is 95.9 Å². The Morgan fingerprint density at radius 1 is 0.492 bits per heavy atom. The molecule has 1 amide bonds. The normalized spacial score (nSPS) is 13.8. The summed E-state index contributed by atoms with van der Waals surface area (Å²) in [5.74, 6) is -0.525. The van der Waals surface area contributed by atoms with Crippen molar-refractivity contribution < 1.29 is 24.5 Å². The third kappa shape index (κ3) is 42.1. The Morgan fingerprint density at radius 2 is 0.915 bits per heavy atom. The van der Waals surface area contributed by atoms with Crippen LogP contribution in [0.25, 0.3) is 0 Å². The number of allylic oxidation sites excluding steroid dienone is 10. The summed E-state index contributed by atoms with van der Waals surface area (Å²) in [6.07, 6.45) is 57.0. The minimum atomic E-state index is -0.800. The summed E-state index contributed by atoms with van der Waals surface area (Å²) in [4.78, 5) is 26.0. The molecule has 0 bridgehead atoms. The smallest absolute Gasteiger partial charge is 0.306 e. The summed E-state index contributed by atoms with van der Waals surface area (Å²) >= 11 is 0. The van der Waals surface area contributed by atoms with Crippen LogP contribution in [0.2, 0.25) is 0 Å². The predicted molar refractivity (Wildman–Crippen MR) is 255 cm³/mol. The number of carbonyl (C=O) groups is 2. The Labute approximate surface area is 365 Å². The van der Waals surface area contributed by atoms with Crippen molar-refractivity contribution in [1.29, 1.82) is 0 Å². The molecule has 3 N–H and O–H groups in total. The Bertz CT molecular complexity index is 1060. The van der Waals surface area contributed by atoms with Crippen LogP contribution < -0.4 is 5.32 Å². The molecule has 0 radical (unpaired) electrons. The van der Waals surface area contributed by atoms with Gasteiger partial charge < -0.3 is 20.3 Å². The van der Waals surface area contributed by atoms with Gasteiger partial charge in [0.15, 0.2) is 0 Å². The molecular formula is C53H95NO5.